The highest BCUT2D eigenvalue weighted by Gasteiger charge is 2.13. The maximum Gasteiger partial charge on any atom is 0.343 e. The summed E-state index contributed by atoms with van der Waals surface area (Å²) < 4.78 is 20.6. The van der Waals surface area contributed by atoms with Crippen molar-refractivity contribution >= 4 is 33.7 Å². The van der Waals surface area contributed by atoms with Crippen molar-refractivity contribution in [3.63, 3.8) is 0 Å². The number of hydrogen-bond donors (Lipinski definition) is 3. The minimum absolute atomic E-state index is 0.0228. The number of esters is 1. The highest BCUT2D eigenvalue weighted by molar-refractivity contribution is 9.10. The molecule has 0 fully saturated rings. The fraction of sp³-hybridized carbons (Fsp3) is 0.366. The van der Waals surface area contributed by atoms with E-state index >= 15 is 0 Å². The van der Waals surface area contributed by atoms with Crippen molar-refractivity contribution in [3.05, 3.63) is 100 Å². The normalized spacial score (nSPS) is 10.0. The molecule has 0 spiro atoms. The molecule has 4 rings (SSSR count). The maximum absolute atomic E-state index is 11.5. The van der Waals surface area contributed by atoms with Gasteiger partial charge in [0.1, 0.15) is 22.8 Å². The Hall–Kier alpha value is -6.68. The van der Waals surface area contributed by atoms with Crippen molar-refractivity contribution in [3.8, 4) is 35.8 Å². The smallest absolute Gasteiger partial charge is 0.343 e. The summed E-state index contributed by atoms with van der Waals surface area (Å²) in [6.07, 6.45) is 5.93. The zero-order valence-corrected chi connectivity index (χ0v) is 35.7. The first kappa shape index (κ1) is 50.3. The Kier molecular flexibility index (Phi) is 23.1. The van der Waals surface area contributed by atoms with Gasteiger partial charge in [-0.15, -0.1) is 0 Å². The topological polar surface area (TPSA) is 261 Å². The van der Waals surface area contributed by atoms with E-state index in [0.29, 0.717) is 48.1 Å². The van der Waals surface area contributed by atoms with Crippen LogP contribution < -0.4 is 30.6 Å². The zero-order chi connectivity index (χ0) is 44.3. The van der Waals surface area contributed by atoms with E-state index in [1.807, 2.05) is 45.0 Å². The van der Waals surface area contributed by atoms with Crippen LogP contribution in [0, 0.1) is 44.8 Å². The third-order valence-electron chi connectivity index (χ3n) is 6.52. The van der Waals surface area contributed by atoms with Gasteiger partial charge in [0.15, 0.2) is 19.8 Å². The number of carbonyl (C=O) groups is 3. The standard InChI is InChI=1S/C13H21N3O2.C13H17N3O2.C9H8N2O3.C6H3BrN2/c2*1-13(2,3)9-16-11(17)8-18-12-5-4-10(6-14)7-15-12;1-13-9(12)6-14-8-3-2-7(4-10)5-11-8;7-6-2-1-5(3-8)4-9-6/h4-5,7H,6,8-9,14H2,1-3H3,(H,16,17);4-5,7H,8-9H2,1-3H3,(H,16,17);2-3,5H,6H2,1H3;1-2,4H. The molecule has 312 valence electrons. The molecule has 0 aromatic carbocycles. The lowest BCUT2D eigenvalue weighted by atomic mass is 9.97. The predicted octanol–water partition coefficient (Wildman–Crippen LogP) is 4.80. The molecule has 0 aliphatic carbocycles. The molecule has 0 radical (unpaired) electrons. The Morgan fingerprint density at radius 1 is 0.627 bits per heavy atom. The lowest BCUT2D eigenvalue weighted by Crippen LogP contribution is -2.35. The van der Waals surface area contributed by atoms with Gasteiger partial charge in [-0.2, -0.15) is 15.8 Å². The van der Waals surface area contributed by atoms with E-state index in [-0.39, 0.29) is 48.3 Å². The first-order valence-corrected chi connectivity index (χ1v) is 18.6. The molecule has 4 aromatic rings. The third-order valence-corrected chi connectivity index (χ3v) is 6.99. The van der Waals surface area contributed by atoms with Crippen molar-refractivity contribution in [2.24, 2.45) is 16.6 Å². The number of nitrogens with zero attached hydrogens (tertiary/aromatic N) is 7. The number of rotatable bonds is 12. The van der Waals surface area contributed by atoms with Gasteiger partial charge < -0.3 is 35.3 Å². The number of nitriles is 3. The van der Waals surface area contributed by atoms with Crippen LogP contribution in [0.3, 0.4) is 0 Å². The van der Waals surface area contributed by atoms with Gasteiger partial charge in [-0.1, -0.05) is 47.6 Å². The van der Waals surface area contributed by atoms with Crippen molar-refractivity contribution in [1.82, 2.24) is 30.6 Å². The largest absolute Gasteiger partial charge is 0.468 e. The van der Waals surface area contributed by atoms with Gasteiger partial charge in [-0.05, 0) is 56.6 Å². The highest BCUT2D eigenvalue weighted by atomic mass is 79.9. The maximum atomic E-state index is 11.5. The molecule has 0 aliphatic heterocycles. The summed E-state index contributed by atoms with van der Waals surface area (Å²) in [5, 5.41) is 31.0. The van der Waals surface area contributed by atoms with E-state index in [4.69, 9.17) is 35.7 Å². The van der Waals surface area contributed by atoms with Crippen LogP contribution >= 0.6 is 15.9 Å². The fourth-order valence-corrected chi connectivity index (χ4v) is 3.66. The second-order valence-electron chi connectivity index (χ2n) is 14.3. The third kappa shape index (κ3) is 25.2. The molecule has 0 aliphatic rings. The molecule has 0 saturated carbocycles. The second-order valence-corrected chi connectivity index (χ2v) is 15.1. The van der Waals surface area contributed by atoms with Gasteiger partial charge in [0.05, 0.1) is 23.8 Å². The number of methoxy groups -OCH3 is 1. The summed E-state index contributed by atoms with van der Waals surface area (Å²) in [6, 6.07) is 19.1. The van der Waals surface area contributed by atoms with Crippen LogP contribution in [0.2, 0.25) is 0 Å². The quantitative estimate of drug-likeness (QED) is 0.128. The first-order chi connectivity index (χ1) is 27.9. The zero-order valence-electron chi connectivity index (χ0n) is 34.1. The Morgan fingerprint density at radius 3 is 1.32 bits per heavy atom. The van der Waals surface area contributed by atoms with Gasteiger partial charge in [0, 0.05) is 62.6 Å². The minimum Gasteiger partial charge on any atom is -0.468 e. The van der Waals surface area contributed by atoms with Crippen LogP contribution in [0.15, 0.2) is 77.9 Å². The van der Waals surface area contributed by atoms with Crippen LogP contribution in [0.1, 0.15) is 63.8 Å². The summed E-state index contributed by atoms with van der Waals surface area (Å²) in [5.74, 6) is 0.245. The van der Waals surface area contributed by atoms with E-state index in [0.717, 1.165) is 10.2 Å². The molecule has 18 heteroatoms. The lowest BCUT2D eigenvalue weighted by Gasteiger charge is -2.18. The summed E-state index contributed by atoms with van der Waals surface area (Å²) in [5.41, 5.74) is 7.98. The van der Waals surface area contributed by atoms with Crippen LogP contribution in [0.5, 0.6) is 17.6 Å². The number of aromatic nitrogens is 4. The summed E-state index contributed by atoms with van der Waals surface area (Å²) >= 11 is 3.15. The van der Waals surface area contributed by atoms with E-state index in [2.05, 4.69) is 72.0 Å². The molecule has 59 heavy (non-hydrogen) atoms. The van der Waals surface area contributed by atoms with Gasteiger partial charge >= 0.3 is 5.97 Å². The Bertz CT molecular complexity index is 2000. The number of pyridine rings is 4. The van der Waals surface area contributed by atoms with Gasteiger partial charge in [0.2, 0.25) is 17.6 Å². The number of carbonyl (C=O) groups excluding carboxylic acids is 3. The van der Waals surface area contributed by atoms with Crippen LogP contribution in [0.4, 0.5) is 0 Å². The first-order valence-electron chi connectivity index (χ1n) is 17.8. The Morgan fingerprint density at radius 2 is 1.02 bits per heavy atom. The molecule has 0 atom stereocenters. The van der Waals surface area contributed by atoms with Crippen molar-refractivity contribution < 1.29 is 33.3 Å². The van der Waals surface area contributed by atoms with E-state index < -0.39 is 5.97 Å². The molecular weight excluding hydrogens is 824 g/mol. The SMILES string of the molecule is CC(C)(C)CNC(=O)COc1ccc(C#N)cn1.CC(C)(C)CNC(=O)COc1ccc(CN)cn1.COC(=O)COc1ccc(C#N)cn1.N#Cc1ccc(Br)nc1. The molecular formula is C41H49BrN10O7. The molecule has 17 nitrogen and oxygen atoms in total. The summed E-state index contributed by atoms with van der Waals surface area (Å²) in [7, 11) is 1.28. The predicted molar refractivity (Wildman–Crippen MR) is 220 cm³/mol. The minimum atomic E-state index is -0.476. The fourth-order valence-electron chi connectivity index (χ4n) is 3.42. The van der Waals surface area contributed by atoms with E-state index in [1.54, 1.807) is 42.6 Å². The number of nitrogens with one attached hydrogen (secondary N) is 2. The monoisotopic (exact) mass is 872 g/mol. The number of nitrogens with two attached hydrogens (primary N) is 1. The molecule has 4 aromatic heterocycles. The van der Waals surface area contributed by atoms with Crippen LogP contribution in [0.25, 0.3) is 0 Å². The molecule has 0 unspecified atom stereocenters. The average molecular weight is 874 g/mol. The highest BCUT2D eigenvalue weighted by Crippen LogP contribution is 2.12. The van der Waals surface area contributed by atoms with Crippen LogP contribution in [-0.2, 0) is 25.7 Å². The number of amides is 2. The van der Waals surface area contributed by atoms with Gasteiger partial charge in [0.25, 0.3) is 11.8 Å². The Balaban J connectivity index is 0.000000404. The van der Waals surface area contributed by atoms with Gasteiger partial charge in [-0.25, -0.2) is 24.7 Å². The van der Waals surface area contributed by atoms with E-state index in [1.165, 1.54) is 31.8 Å². The summed E-state index contributed by atoms with van der Waals surface area (Å²) in [4.78, 5) is 49.3. The lowest BCUT2D eigenvalue weighted by molar-refractivity contribution is -0.143. The van der Waals surface area contributed by atoms with Crippen molar-refractivity contribution in [2.45, 2.75) is 48.1 Å². The number of hydrogen-bond acceptors (Lipinski definition) is 15. The van der Waals surface area contributed by atoms with E-state index in [9.17, 15) is 14.4 Å². The average Bonchev–Trinajstić information content (AvgIpc) is 3.23. The summed E-state index contributed by atoms with van der Waals surface area (Å²) in [6.45, 7) is 13.7. The second kappa shape index (κ2) is 27.0. The van der Waals surface area contributed by atoms with Gasteiger partial charge in [-0.3, -0.25) is 9.59 Å². The molecule has 4 N–H and O–H groups in total. The number of halogens is 1. The molecule has 0 saturated heterocycles. The van der Waals surface area contributed by atoms with Crippen molar-refractivity contribution in [1.29, 1.82) is 15.8 Å². The van der Waals surface area contributed by atoms with Crippen molar-refractivity contribution in [2.75, 3.05) is 40.0 Å². The van der Waals surface area contributed by atoms with Crippen LogP contribution in [-0.4, -0.2) is 77.7 Å². The molecule has 0 bridgehead atoms. The molecule has 4 heterocycles. The molecule has 2 amide bonds. The number of ether oxygens (including phenoxy) is 4. The Labute approximate surface area is 353 Å².